The maximum atomic E-state index is 12.3. The number of hydrogen-bond donors (Lipinski definition) is 1. The molecule has 21 heavy (non-hydrogen) atoms. The lowest BCUT2D eigenvalue weighted by Crippen LogP contribution is -2.46. The van der Waals surface area contributed by atoms with Gasteiger partial charge in [0, 0.05) is 19.1 Å². The standard InChI is InChI=1S/C17H23N3O/c1-2-20(16-6-4-3-5-7-16)17(21)19-13-15-10-8-14(12-18)9-11-15/h8-11,16H,2-7,13H2,1H3,(H,19,21). The molecule has 0 aromatic heterocycles. The normalized spacial score (nSPS) is 15.2. The van der Waals surface area contributed by atoms with Crippen LogP contribution in [-0.2, 0) is 6.54 Å². The summed E-state index contributed by atoms with van der Waals surface area (Å²) in [5, 5.41) is 11.8. The van der Waals surface area contributed by atoms with Crippen molar-refractivity contribution in [2.45, 2.75) is 51.6 Å². The van der Waals surface area contributed by atoms with E-state index >= 15 is 0 Å². The summed E-state index contributed by atoms with van der Waals surface area (Å²) in [6.45, 7) is 3.30. The summed E-state index contributed by atoms with van der Waals surface area (Å²) in [4.78, 5) is 14.3. The molecular formula is C17H23N3O. The largest absolute Gasteiger partial charge is 0.334 e. The third-order valence-electron chi connectivity index (χ3n) is 4.14. The van der Waals surface area contributed by atoms with E-state index in [-0.39, 0.29) is 6.03 Å². The van der Waals surface area contributed by atoms with E-state index in [1.165, 1.54) is 19.3 Å². The molecule has 1 aromatic rings. The minimum Gasteiger partial charge on any atom is -0.334 e. The highest BCUT2D eigenvalue weighted by atomic mass is 16.2. The molecule has 2 rings (SSSR count). The Kier molecular flexibility index (Phi) is 5.62. The van der Waals surface area contributed by atoms with Crippen LogP contribution in [0.25, 0.3) is 0 Å². The lowest BCUT2D eigenvalue weighted by atomic mass is 9.94. The molecule has 0 heterocycles. The minimum absolute atomic E-state index is 0.0220. The highest BCUT2D eigenvalue weighted by molar-refractivity contribution is 5.74. The number of carbonyl (C=O) groups excluding carboxylic acids is 1. The molecule has 1 aromatic carbocycles. The summed E-state index contributed by atoms with van der Waals surface area (Å²) in [7, 11) is 0. The molecule has 0 bridgehead atoms. The fourth-order valence-electron chi connectivity index (χ4n) is 2.94. The maximum Gasteiger partial charge on any atom is 0.317 e. The molecule has 4 nitrogen and oxygen atoms in total. The Morgan fingerprint density at radius 3 is 2.52 bits per heavy atom. The third kappa shape index (κ3) is 4.22. The van der Waals surface area contributed by atoms with Crippen molar-refractivity contribution < 1.29 is 4.79 Å². The second-order valence-corrected chi connectivity index (χ2v) is 5.55. The molecule has 0 aliphatic heterocycles. The van der Waals surface area contributed by atoms with Gasteiger partial charge in [-0.05, 0) is 37.5 Å². The van der Waals surface area contributed by atoms with Crippen LogP contribution in [0.3, 0.4) is 0 Å². The molecule has 0 atom stereocenters. The number of hydrogen-bond acceptors (Lipinski definition) is 2. The van der Waals surface area contributed by atoms with Crippen LogP contribution in [0.2, 0.25) is 0 Å². The van der Waals surface area contributed by atoms with Gasteiger partial charge in [-0.15, -0.1) is 0 Å². The van der Waals surface area contributed by atoms with E-state index in [2.05, 4.69) is 11.4 Å². The van der Waals surface area contributed by atoms with Crippen LogP contribution in [0.4, 0.5) is 4.79 Å². The number of urea groups is 1. The first-order valence-electron chi connectivity index (χ1n) is 7.78. The van der Waals surface area contributed by atoms with Gasteiger partial charge in [0.1, 0.15) is 0 Å². The van der Waals surface area contributed by atoms with Crippen molar-refractivity contribution in [1.29, 1.82) is 5.26 Å². The predicted molar refractivity (Wildman–Crippen MR) is 82.6 cm³/mol. The zero-order valence-corrected chi connectivity index (χ0v) is 12.6. The van der Waals surface area contributed by atoms with Gasteiger partial charge < -0.3 is 10.2 Å². The van der Waals surface area contributed by atoms with Gasteiger partial charge in [-0.3, -0.25) is 0 Å². The molecule has 4 heteroatoms. The average Bonchev–Trinajstić information content (AvgIpc) is 2.55. The molecule has 1 aliphatic rings. The Hall–Kier alpha value is -2.02. The van der Waals surface area contributed by atoms with E-state index in [0.29, 0.717) is 18.2 Å². The molecule has 0 saturated heterocycles. The van der Waals surface area contributed by atoms with Gasteiger partial charge in [0.25, 0.3) is 0 Å². The lowest BCUT2D eigenvalue weighted by Gasteiger charge is -2.33. The van der Waals surface area contributed by atoms with Crippen molar-refractivity contribution >= 4 is 6.03 Å². The first-order valence-corrected chi connectivity index (χ1v) is 7.78. The van der Waals surface area contributed by atoms with Gasteiger partial charge in [-0.25, -0.2) is 4.79 Å². The number of rotatable bonds is 4. The predicted octanol–water partition coefficient (Wildman–Crippen LogP) is 3.42. The Balaban J connectivity index is 1.88. The van der Waals surface area contributed by atoms with Crippen molar-refractivity contribution in [2.24, 2.45) is 0 Å². The number of nitriles is 1. The zero-order valence-electron chi connectivity index (χ0n) is 12.6. The smallest absolute Gasteiger partial charge is 0.317 e. The molecule has 112 valence electrons. The van der Waals surface area contributed by atoms with Crippen LogP contribution < -0.4 is 5.32 Å². The van der Waals surface area contributed by atoms with Crippen molar-refractivity contribution in [3.8, 4) is 6.07 Å². The Morgan fingerprint density at radius 1 is 1.29 bits per heavy atom. The van der Waals surface area contributed by atoms with Crippen molar-refractivity contribution in [3.63, 3.8) is 0 Å². The molecule has 0 spiro atoms. The van der Waals surface area contributed by atoms with Gasteiger partial charge in [-0.2, -0.15) is 5.26 Å². The Morgan fingerprint density at radius 2 is 1.95 bits per heavy atom. The summed E-state index contributed by atoms with van der Waals surface area (Å²) < 4.78 is 0. The van der Waals surface area contributed by atoms with E-state index in [1.54, 1.807) is 12.1 Å². The number of nitrogens with zero attached hydrogens (tertiary/aromatic N) is 2. The first-order chi connectivity index (χ1) is 10.2. The summed E-state index contributed by atoms with van der Waals surface area (Å²) in [6, 6.07) is 9.83. The topological polar surface area (TPSA) is 56.1 Å². The Labute approximate surface area is 126 Å². The highest BCUT2D eigenvalue weighted by Gasteiger charge is 2.23. The fourth-order valence-corrected chi connectivity index (χ4v) is 2.94. The second kappa shape index (κ2) is 7.68. The average molecular weight is 285 g/mol. The number of amides is 2. The van der Waals surface area contributed by atoms with Crippen LogP contribution in [0.1, 0.15) is 50.2 Å². The minimum atomic E-state index is 0.0220. The van der Waals surface area contributed by atoms with Crippen LogP contribution >= 0.6 is 0 Å². The van der Waals surface area contributed by atoms with E-state index in [9.17, 15) is 4.79 Å². The molecule has 0 unspecified atom stereocenters. The highest BCUT2D eigenvalue weighted by Crippen LogP contribution is 2.22. The SMILES string of the molecule is CCN(C(=O)NCc1ccc(C#N)cc1)C1CCCCC1. The molecule has 0 radical (unpaired) electrons. The van der Waals surface area contributed by atoms with Gasteiger partial charge in [0.2, 0.25) is 0 Å². The van der Waals surface area contributed by atoms with E-state index in [0.717, 1.165) is 24.9 Å². The van der Waals surface area contributed by atoms with Crippen LogP contribution in [0, 0.1) is 11.3 Å². The zero-order chi connectivity index (χ0) is 15.1. The van der Waals surface area contributed by atoms with E-state index < -0.39 is 0 Å². The molecule has 1 aliphatic carbocycles. The van der Waals surface area contributed by atoms with E-state index in [1.807, 2.05) is 24.0 Å². The molecule has 1 fully saturated rings. The monoisotopic (exact) mass is 285 g/mol. The van der Waals surface area contributed by atoms with Crippen molar-refractivity contribution in [3.05, 3.63) is 35.4 Å². The Bertz CT molecular complexity index is 498. The summed E-state index contributed by atoms with van der Waals surface area (Å²) in [5.74, 6) is 0. The van der Waals surface area contributed by atoms with Gasteiger partial charge in [0.05, 0.1) is 11.6 Å². The number of benzene rings is 1. The quantitative estimate of drug-likeness (QED) is 0.921. The summed E-state index contributed by atoms with van der Waals surface area (Å²) in [6.07, 6.45) is 5.99. The number of nitrogens with one attached hydrogen (secondary N) is 1. The lowest BCUT2D eigenvalue weighted by molar-refractivity contribution is 0.159. The van der Waals surface area contributed by atoms with Crippen LogP contribution in [-0.4, -0.2) is 23.5 Å². The second-order valence-electron chi connectivity index (χ2n) is 5.55. The number of carbonyl (C=O) groups is 1. The van der Waals surface area contributed by atoms with Gasteiger partial charge >= 0.3 is 6.03 Å². The van der Waals surface area contributed by atoms with Crippen LogP contribution in [0.15, 0.2) is 24.3 Å². The van der Waals surface area contributed by atoms with Gasteiger partial charge in [0.15, 0.2) is 0 Å². The molecule has 1 N–H and O–H groups in total. The van der Waals surface area contributed by atoms with E-state index in [4.69, 9.17) is 5.26 Å². The summed E-state index contributed by atoms with van der Waals surface area (Å²) in [5.41, 5.74) is 1.66. The van der Waals surface area contributed by atoms with Crippen molar-refractivity contribution in [1.82, 2.24) is 10.2 Å². The summed E-state index contributed by atoms with van der Waals surface area (Å²) >= 11 is 0. The molecule has 1 saturated carbocycles. The third-order valence-corrected chi connectivity index (χ3v) is 4.14. The molecular weight excluding hydrogens is 262 g/mol. The van der Waals surface area contributed by atoms with Crippen LogP contribution in [0.5, 0.6) is 0 Å². The van der Waals surface area contributed by atoms with Crippen molar-refractivity contribution in [2.75, 3.05) is 6.54 Å². The molecule has 2 amide bonds. The van der Waals surface area contributed by atoms with Gasteiger partial charge in [-0.1, -0.05) is 31.4 Å². The first kappa shape index (κ1) is 15.4. The maximum absolute atomic E-state index is 12.3. The fraction of sp³-hybridized carbons (Fsp3) is 0.529.